The van der Waals surface area contributed by atoms with E-state index in [9.17, 15) is 0 Å². The van der Waals surface area contributed by atoms with Crippen LogP contribution in [0.1, 0.15) is 37.1 Å². The van der Waals surface area contributed by atoms with Crippen molar-refractivity contribution >= 4 is 17.0 Å². The molecule has 94 valence electrons. The predicted molar refractivity (Wildman–Crippen MR) is 77.6 cm³/mol. The van der Waals surface area contributed by atoms with E-state index in [4.69, 9.17) is 0 Å². The molecule has 1 aromatic heterocycles. The van der Waals surface area contributed by atoms with Crippen molar-refractivity contribution in [1.29, 1.82) is 0 Å². The zero-order chi connectivity index (χ0) is 12.5. The Labute approximate surface area is 108 Å². The normalized spacial score (nSPS) is 18.3. The molecule has 0 radical (unpaired) electrons. The van der Waals surface area contributed by atoms with Gasteiger partial charge in [-0.3, -0.25) is 4.90 Å². The Balaban J connectivity index is 1.94. The molecule has 1 aromatic carbocycles. The van der Waals surface area contributed by atoms with Gasteiger partial charge in [0.1, 0.15) is 0 Å². The minimum Gasteiger partial charge on any atom is -0.357 e. The third-order valence-corrected chi connectivity index (χ3v) is 4.04. The largest absolute Gasteiger partial charge is 0.357 e. The number of fused-ring (bicyclic) bond motifs is 1. The molecule has 1 aliphatic rings. The first-order valence-electron chi connectivity index (χ1n) is 6.77. The van der Waals surface area contributed by atoms with Gasteiger partial charge >= 0.3 is 0 Å². The lowest BCUT2D eigenvalue weighted by Gasteiger charge is -2.22. The summed E-state index contributed by atoms with van der Waals surface area (Å²) in [5, 5.41) is 1.29. The van der Waals surface area contributed by atoms with Crippen LogP contribution in [0.2, 0.25) is 0 Å². The van der Waals surface area contributed by atoms with Crippen LogP contribution in [-0.2, 0) is 0 Å². The first-order chi connectivity index (χ1) is 8.78. The summed E-state index contributed by atoms with van der Waals surface area (Å²) in [6, 6.07) is 9.22. The Morgan fingerprint density at radius 3 is 2.78 bits per heavy atom. The quantitative estimate of drug-likeness (QED) is 0.860. The maximum absolute atomic E-state index is 3.82. The van der Waals surface area contributed by atoms with Crippen LogP contribution in [0.3, 0.4) is 0 Å². The van der Waals surface area contributed by atoms with Gasteiger partial charge in [0.15, 0.2) is 0 Å². The van der Waals surface area contributed by atoms with Gasteiger partial charge in [0.05, 0.1) is 0 Å². The van der Waals surface area contributed by atoms with E-state index in [1.54, 1.807) is 0 Å². The van der Waals surface area contributed by atoms with Gasteiger partial charge in [-0.25, -0.2) is 0 Å². The summed E-state index contributed by atoms with van der Waals surface area (Å²) in [7, 11) is 0. The van der Waals surface area contributed by atoms with E-state index < -0.39 is 0 Å². The third kappa shape index (κ3) is 1.97. The standard InChI is InChI=1S/C16H20N2/c1-3-13-6-7-15-14(10-13)11-16(17-15)12(2)18-8-4-5-9-18/h3,6-7,10-12,17H,1,4-5,8-9H2,2H3. The monoisotopic (exact) mass is 240 g/mol. The van der Waals surface area contributed by atoms with Gasteiger partial charge in [-0.1, -0.05) is 18.7 Å². The van der Waals surface area contributed by atoms with Gasteiger partial charge in [-0.2, -0.15) is 0 Å². The number of benzene rings is 1. The molecular formula is C16H20N2. The van der Waals surface area contributed by atoms with E-state index in [2.05, 4.69) is 47.7 Å². The molecule has 0 spiro atoms. The first-order valence-corrected chi connectivity index (χ1v) is 6.77. The average Bonchev–Trinajstić information content (AvgIpc) is 3.05. The number of nitrogens with zero attached hydrogens (tertiary/aromatic N) is 1. The molecule has 3 rings (SSSR count). The number of likely N-dealkylation sites (tertiary alicyclic amines) is 1. The molecule has 2 aromatic rings. The number of aromatic nitrogens is 1. The number of aromatic amines is 1. The van der Waals surface area contributed by atoms with Crippen LogP contribution in [0.25, 0.3) is 17.0 Å². The molecule has 2 heteroatoms. The summed E-state index contributed by atoms with van der Waals surface area (Å²) in [5.74, 6) is 0. The maximum Gasteiger partial charge on any atom is 0.0470 e. The van der Waals surface area contributed by atoms with Crippen LogP contribution in [0, 0.1) is 0 Å². The van der Waals surface area contributed by atoms with Crippen molar-refractivity contribution in [2.45, 2.75) is 25.8 Å². The van der Waals surface area contributed by atoms with Crippen molar-refractivity contribution in [3.8, 4) is 0 Å². The second-order valence-corrected chi connectivity index (χ2v) is 5.19. The van der Waals surface area contributed by atoms with E-state index >= 15 is 0 Å². The van der Waals surface area contributed by atoms with Crippen molar-refractivity contribution in [3.05, 3.63) is 42.1 Å². The zero-order valence-electron chi connectivity index (χ0n) is 10.9. The fourth-order valence-electron chi connectivity index (χ4n) is 2.85. The van der Waals surface area contributed by atoms with Crippen molar-refractivity contribution in [1.82, 2.24) is 9.88 Å². The molecule has 1 unspecified atom stereocenters. The Bertz CT molecular complexity index is 561. The predicted octanol–water partition coefficient (Wildman–Crippen LogP) is 3.97. The summed E-state index contributed by atoms with van der Waals surface area (Å²) in [6.07, 6.45) is 4.58. The van der Waals surface area contributed by atoms with Crippen LogP contribution in [-0.4, -0.2) is 23.0 Å². The lowest BCUT2D eigenvalue weighted by atomic mass is 10.1. The molecule has 1 fully saturated rings. The van der Waals surface area contributed by atoms with E-state index in [-0.39, 0.29) is 0 Å². The molecule has 0 bridgehead atoms. The zero-order valence-corrected chi connectivity index (χ0v) is 10.9. The SMILES string of the molecule is C=Cc1ccc2[nH]c(C(C)N3CCCC3)cc2c1. The third-order valence-electron chi connectivity index (χ3n) is 4.04. The van der Waals surface area contributed by atoms with Crippen molar-refractivity contribution < 1.29 is 0 Å². The second kappa shape index (κ2) is 4.62. The lowest BCUT2D eigenvalue weighted by molar-refractivity contribution is 0.259. The van der Waals surface area contributed by atoms with E-state index in [1.807, 2.05) is 6.08 Å². The highest BCUT2D eigenvalue weighted by Gasteiger charge is 2.20. The lowest BCUT2D eigenvalue weighted by Crippen LogP contribution is -2.23. The van der Waals surface area contributed by atoms with Crippen LogP contribution in [0.4, 0.5) is 0 Å². The fraction of sp³-hybridized carbons (Fsp3) is 0.375. The average molecular weight is 240 g/mol. The van der Waals surface area contributed by atoms with Crippen LogP contribution in [0.5, 0.6) is 0 Å². The molecule has 1 N–H and O–H groups in total. The van der Waals surface area contributed by atoms with E-state index in [1.165, 1.54) is 48.1 Å². The van der Waals surface area contributed by atoms with Crippen molar-refractivity contribution in [3.63, 3.8) is 0 Å². The molecule has 1 saturated heterocycles. The maximum atomic E-state index is 3.82. The van der Waals surface area contributed by atoms with Crippen LogP contribution >= 0.6 is 0 Å². The molecule has 0 amide bonds. The molecular weight excluding hydrogens is 220 g/mol. The Morgan fingerprint density at radius 1 is 1.28 bits per heavy atom. The molecule has 1 aliphatic heterocycles. The van der Waals surface area contributed by atoms with Crippen molar-refractivity contribution in [2.24, 2.45) is 0 Å². The molecule has 2 nitrogen and oxygen atoms in total. The van der Waals surface area contributed by atoms with Crippen LogP contribution < -0.4 is 0 Å². The van der Waals surface area contributed by atoms with Gasteiger partial charge in [0.2, 0.25) is 0 Å². The van der Waals surface area contributed by atoms with E-state index in [0.29, 0.717) is 6.04 Å². The number of H-pyrrole nitrogens is 1. The van der Waals surface area contributed by atoms with Crippen molar-refractivity contribution in [2.75, 3.05) is 13.1 Å². The van der Waals surface area contributed by atoms with E-state index in [0.717, 1.165) is 0 Å². The highest BCUT2D eigenvalue weighted by Crippen LogP contribution is 2.27. The number of nitrogens with one attached hydrogen (secondary N) is 1. The number of hydrogen-bond acceptors (Lipinski definition) is 1. The highest BCUT2D eigenvalue weighted by molar-refractivity contribution is 5.83. The summed E-state index contributed by atoms with van der Waals surface area (Å²) in [4.78, 5) is 6.10. The molecule has 1 atom stereocenters. The van der Waals surface area contributed by atoms with Gasteiger partial charge < -0.3 is 4.98 Å². The smallest absolute Gasteiger partial charge is 0.0470 e. The summed E-state index contributed by atoms with van der Waals surface area (Å²) < 4.78 is 0. The second-order valence-electron chi connectivity index (χ2n) is 5.19. The Morgan fingerprint density at radius 2 is 2.06 bits per heavy atom. The van der Waals surface area contributed by atoms with Gasteiger partial charge in [-0.15, -0.1) is 0 Å². The minimum absolute atomic E-state index is 0.493. The van der Waals surface area contributed by atoms with Gasteiger partial charge in [0.25, 0.3) is 0 Å². The summed E-state index contributed by atoms with van der Waals surface area (Å²) in [5.41, 5.74) is 3.73. The summed E-state index contributed by atoms with van der Waals surface area (Å²) in [6.45, 7) is 8.58. The fourth-order valence-corrected chi connectivity index (χ4v) is 2.85. The molecule has 0 aliphatic carbocycles. The molecule has 2 heterocycles. The van der Waals surface area contributed by atoms with Gasteiger partial charge in [0, 0.05) is 22.6 Å². The summed E-state index contributed by atoms with van der Waals surface area (Å²) >= 11 is 0. The number of rotatable bonds is 3. The Hall–Kier alpha value is -1.54. The van der Waals surface area contributed by atoms with Crippen LogP contribution in [0.15, 0.2) is 30.8 Å². The number of hydrogen-bond donors (Lipinski definition) is 1. The Kier molecular flexibility index (Phi) is 2.96. The minimum atomic E-state index is 0.493. The highest BCUT2D eigenvalue weighted by atomic mass is 15.2. The molecule has 18 heavy (non-hydrogen) atoms. The van der Waals surface area contributed by atoms with Gasteiger partial charge in [-0.05, 0) is 56.6 Å². The molecule has 0 saturated carbocycles. The first kappa shape index (κ1) is 11.5. The topological polar surface area (TPSA) is 19.0 Å².